The van der Waals surface area contributed by atoms with E-state index in [2.05, 4.69) is 31.0 Å². The van der Waals surface area contributed by atoms with Gasteiger partial charge in [0.25, 0.3) is 0 Å². The van der Waals surface area contributed by atoms with E-state index in [1.807, 2.05) is 4.90 Å². The molecule has 0 aromatic heterocycles. The number of amides is 1. The van der Waals surface area contributed by atoms with Crippen LogP contribution in [-0.4, -0.2) is 61.5 Å². The molecule has 2 heterocycles. The van der Waals surface area contributed by atoms with E-state index >= 15 is 0 Å². The highest BCUT2D eigenvalue weighted by atomic mass is 35.5. The zero-order valence-corrected chi connectivity index (χ0v) is 16.1. The van der Waals surface area contributed by atoms with Gasteiger partial charge in [0.2, 0.25) is 5.91 Å². The van der Waals surface area contributed by atoms with Gasteiger partial charge in [0.1, 0.15) is 0 Å². The van der Waals surface area contributed by atoms with Gasteiger partial charge in [-0.2, -0.15) is 0 Å². The number of carbonyl (C=O) groups excluding carboxylic acids is 1. The second kappa shape index (κ2) is 9.85. The van der Waals surface area contributed by atoms with Crippen LogP contribution in [0.4, 0.5) is 0 Å². The van der Waals surface area contributed by atoms with Crippen LogP contribution in [0.1, 0.15) is 52.9 Å². The SMILES string of the molecule is CCN(CC)C(=O)CCC1CCN(CC2(C)CCNC2)CC1.Cl. The second-order valence-corrected chi connectivity index (χ2v) is 7.56. The maximum absolute atomic E-state index is 12.1. The van der Waals surface area contributed by atoms with Crippen LogP contribution in [0.15, 0.2) is 0 Å². The number of piperidine rings is 1. The molecule has 0 radical (unpaired) electrons. The van der Waals surface area contributed by atoms with Gasteiger partial charge in [-0.15, -0.1) is 12.4 Å². The van der Waals surface area contributed by atoms with Crippen molar-refractivity contribution < 1.29 is 4.79 Å². The molecule has 0 aromatic rings. The normalized spacial score (nSPS) is 26.0. The highest BCUT2D eigenvalue weighted by Crippen LogP contribution is 2.29. The molecule has 0 spiro atoms. The summed E-state index contributed by atoms with van der Waals surface area (Å²) in [6.07, 6.45) is 5.69. The van der Waals surface area contributed by atoms with Gasteiger partial charge < -0.3 is 15.1 Å². The van der Waals surface area contributed by atoms with E-state index in [1.165, 1.54) is 52.0 Å². The summed E-state index contributed by atoms with van der Waals surface area (Å²) in [6.45, 7) is 14.3. The Morgan fingerprint density at radius 1 is 1.26 bits per heavy atom. The van der Waals surface area contributed by atoms with Crippen molar-refractivity contribution in [2.75, 3.05) is 45.8 Å². The molecule has 2 saturated heterocycles. The van der Waals surface area contributed by atoms with Gasteiger partial charge in [-0.1, -0.05) is 6.92 Å². The van der Waals surface area contributed by atoms with E-state index in [-0.39, 0.29) is 12.4 Å². The molecule has 0 aliphatic carbocycles. The van der Waals surface area contributed by atoms with E-state index in [0.29, 0.717) is 11.3 Å². The average Bonchev–Trinajstić information content (AvgIpc) is 2.94. The molecule has 136 valence electrons. The number of hydrogen-bond acceptors (Lipinski definition) is 3. The van der Waals surface area contributed by atoms with E-state index in [0.717, 1.165) is 31.8 Å². The summed E-state index contributed by atoms with van der Waals surface area (Å²) in [7, 11) is 0. The summed E-state index contributed by atoms with van der Waals surface area (Å²) in [5.41, 5.74) is 0.478. The number of nitrogens with one attached hydrogen (secondary N) is 1. The van der Waals surface area contributed by atoms with Crippen LogP contribution in [-0.2, 0) is 4.79 Å². The van der Waals surface area contributed by atoms with Crippen molar-refractivity contribution in [2.24, 2.45) is 11.3 Å². The van der Waals surface area contributed by atoms with Gasteiger partial charge in [-0.3, -0.25) is 4.79 Å². The molecule has 2 aliphatic rings. The average molecular weight is 346 g/mol. The Morgan fingerprint density at radius 3 is 2.43 bits per heavy atom. The minimum Gasteiger partial charge on any atom is -0.343 e. The molecule has 1 atom stereocenters. The Hall–Kier alpha value is -0.320. The van der Waals surface area contributed by atoms with Gasteiger partial charge in [0, 0.05) is 32.6 Å². The highest BCUT2D eigenvalue weighted by molar-refractivity contribution is 5.85. The quantitative estimate of drug-likeness (QED) is 0.770. The topological polar surface area (TPSA) is 35.6 Å². The zero-order chi connectivity index (χ0) is 16.0. The van der Waals surface area contributed by atoms with Gasteiger partial charge in [0.15, 0.2) is 0 Å². The Morgan fingerprint density at radius 2 is 1.91 bits per heavy atom. The molecule has 0 aromatic carbocycles. The number of nitrogens with zero attached hydrogens (tertiary/aromatic N) is 2. The molecule has 4 nitrogen and oxygen atoms in total. The van der Waals surface area contributed by atoms with Crippen LogP contribution >= 0.6 is 12.4 Å². The minimum absolute atomic E-state index is 0. The van der Waals surface area contributed by atoms with Crippen molar-refractivity contribution in [1.29, 1.82) is 0 Å². The first-order chi connectivity index (χ1) is 10.6. The third-order valence-corrected chi connectivity index (χ3v) is 5.65. The molecule has 2 fully saturated rings. The molecule has 5 heteroatoms. The molecule has 1 amide bonds. The van der Waals surface area contributed by atoms with Crippen LogP contribution in [0.25, 0.3) is 0 Å². The van der Waals surface area contributed by atoms with E-state index < -0.39 is 0 Å². The van der Waals surface area contributed by atoms with Crippen LogP contribution in [0, 0.1) is 11.3 Å². The Bertz CT molecular complexity index is 346. The lowest BCUT2D eigenvalue weighted by Gasteiger charge is -2.37. The fourth-order valence-electron chi connectivity index (χ4n) is 4.04. The maximum Gasteiger partial charge on any atom is 0.222 e. The second-order valence-electron chi connectivity index (χ2n) is 7.56. The monoisotopic (exact) mass is 345 g/mol. The molecule has 2 aliphatic heterocycles. The summed E-state index contributed by atoms with van der Waals surface area (Å²) in [4.78, 5) is 16.7. The Kier molecular flexibility index (Phi) is 8.88. The summed E-state index contributed by atoms with van der Waals surface area (Å²) in [5.74, 6) is 1.10. The summed E-state index contributed by atoms with van der Waals surface area (Å²) < 4.78 is 0. The minimum atomic E-state index is 0. The van der Waals surface area contributed by atoms with Gasteiger partial charge in [0.05, 0.1) is 0 Å². The molecule has 2 rings (SSSR count). The molecule has 23 heavy (non-hydrogen) atoms. The van der Waals surface area contributed by atoms with E-state index in [4.69, 9.17) is 0 Å². The summed E-state index contributed by atoms with van der Waals surface area (Å²) in [6, 6.07) is 0. The standard InChI is InChI=1S/C18H35N3O.ClH/c1-4-21(5-2)17(22)7-6-16-8-12-20(13-9-16)15-18(3)10-11-19-14-18;/h16,19H,4-15H2,1-3H3;1H. The van der Waals surface area contributed by atoms with Gasteiger partial charge >= 0.3 is 0 Å². The third kappa shape index (κ3) is 6.24. The maximum atomic E-state index is 12.1. The van der Waals surface area contributed by atoms with Crippen molar-refractivity contribution in [3.8, 4) is 0 Å². The molecule has 0 saturated carbocycles. The Labute approximate surface area is 148 Å². The smallest absolute Gasteiger partial charge is 0.222 e. The van der Waals surface area contributed by atoms with Crippen molar-refractivity contribution >= 4 is 18.3 Å². The molecule has 1 N–H and O–H groups in total. The molecular formula is C18H36ClN3O. The Balaban J connectivity index is 0.00000264. The lowest BCUT2D eigenvalue weighted by Crippen LogP contribution is -2.42. The first-order valence-corrected chi connectivity index (χ1v) is 9.27. The number of halogens is 1. The number of rotatable bonds is 7. The van der Waals surface area contributed by atoms with E-state index in [9.17, 15) is 4.79 Å². The first kappa shape index (κ1) is 20.7. The van der Waals surface area contributed by atoms with E-state index in [1.54, 1.807) is 0 Å². The number of likely N-dealkylation sites (tertiary alicyclic amines) is 1. The van der Waals surface area contributed by atoms with Gasteiger partial charge in [-0.05, 0) is 70.5 Å². The van der Waals surface area contributed by atoms with Crippen molar-refractivity contribution in [3.05, 3.63) is 0 Å². The number of carbonyl (C=O) groups is 1. The molecule has 0 bridgehead atoms. The van der Waals surface area contributed by atoms with Crippen molar-refractivity contribution in [2.45, 2.75) is 52.9 Å². The van der Waals surface area contributed by atoms with Crippen molar-refractivity contribution in [3.63, 3.8) is 0 Å². The fraction of sp³-hybridized carbons (Fsp3) is 0.944. The van der Waals surface area contributed by atoms with Crippen LogP contribution in [0.2, 0.25) is 0 Å². The van der Waals surface area contributed by atoms with Crippen LogP contribution in [0.5, 0.6) is 0 Å². The first-order valence-electron chi connectivity index (χ1n) is 9.27. The summed E-state index contributed by atoms with van der Waals surface area (Å²) >= 11 is 0. The van der Waals surface area contributed by atoms with Crippen LogP contribution in [0.3, 0.4) is 0 Å². The predicted molar refractivity (Wildman–Crippen MR) is 99.2 cm³/mol. The number of hydrogen-bond donors (Lipinski definition) is 1. The van der Waals surface area contributed by atoms with Crippen LogP contribution < -0.4 is 5.32 Å². The lowest BCUT2D eigenvalue weighted by atomic mass is 9.86. The fourth-order valence-corrected chi connectivity index (χ4v) is 4.04. The van der Waals surface area contributed by atoms with Crippen molar-refractivity contribution in [1.82, 2.24) is 15.1 Å². The zero-order valence-electron chi connectivity index (χ0n) is 15.3. The van der Waals surface area contributed by atoms with Gasteiger partial charge in [-0.25, -0.2) is 0 Å². The summed E-state index contributed by atoms with van der Waals surface area (Å²) in [5, 5.41) is 3.50. The third-order valence-electron chi connectivity index (χ3n) is 5.65. The predicted octanol–water partition coefficient (Wildman–Crippen LogP) is 2.77. The molecule has 1 unspecified atom stereocenters. The lowest BCUT2D eigenvalue weighted by molar-refractivity contribution is -0.131. The molecular weight excluding hydrogens is 310 g/mol. The highest BCUT2D eigenvalue weighted by Gasteiger charge is 2.32. The largest absolute Gasteiger partial charge is 0.343 e.